The Labute approximate surface area is 105 Å². The van der Waals surface area contributed by atoms with E-state index in [9.17, 15) is 5.11 Å². The van der Waals surface area contributed by atoms with Gasteiger partial charge in [-0.05, 0) is 32.9 Å². The molecule has 4 nitrogen and oxygen atoms in total. The minimum Gasteiger partial charge on any atom is -0.391 e. The first kappa shape index (κ1) is 13.3. The Hall–Kier alpha value is -0.160. The third kappa shape index (κ3) is 3.19. The Morgan fingerprint density at radius 1 is 1.35 bits per heavy atom. The SMILES string of the molecule is CCC1CN(C)CCCN1C1COCCC1O. The number of hydrogen-bond acceptors (Lipinski definition) is 4. The maximum atomic E-state index is 10.2. The van der Waals surface area contributed by atoms with E-state index < -0.39 is 0 Å². The van der Waals surface area contributed by atoms with Gasteiger partial charge in [-0.1, -0.05) is 6.92 Å². The zero-order chi connectivity index (χ0) is 12.3. The fourth-order valence-electron chi connectivity index (χ4n) is 3.09. The summed E-state index contributed by atoms with van der Waals surface area (Å²) in [6.07, 6.45) is 2.92. The van der Waals surface area contributed by atoms with Crippen LogP contribution in [0.5, 0.6) is 0 Å². The van der Waals surface area contributed by atoms with Gasteiger partial charge < -0.3 is 14.7 Å². The summed E-state index contributed by atoms with van der Waals surface area (Å²) < 4.78 is 5.55. The van der Waals surface area contributed by atoms with Crippen molar-refractivity contribution in [1.29, 1.82) is 0 Å². The van der Waals surface area contributed by atoms with Crippen LogP contribution < -0.4 is 0 Å². The lowest BCUT2D eigenvalue weighted by molar-refractivity contribution is -0.0729. The summed E-state index contributed by atoms with van der Waals surface area (Å²) in [6, 6.07) is 0.768. The summed E-state index contributed by atoms with van der Waals surface area (Å²) in [6.45, 7) is 7.01. The van der Waals surface area contributed by atoms with E-state index in [2.05, 4.69) is 23.8 Å². The van der Waals surface area contributed by atoms with Gasteiger partial charge in [-0.2, -0.15) is 0 Å². The van der Waals surface area contributed by atoms with E-state index in [0.717, 1.165) is 32.5 Å². The van der Waals surface area contributed by atoms with Crippen LogP contribution >= 0.6 is 0 Å². The van der Waals surface area contributed by atoms with Crippen LogP contribution in [-0.4, -0.2) is 73.0 Å². The van der Waals surface area contributed by atoms with Gasteiger partial charge in [0.25, 0.3) is 0 Å². The monoisotopic (exact) mass is 242 g/mol. The number of aliphatic hydroxyl groups is 1. The third-order valence-corrected chi connectivity index (χ3v) is 4.14. The molecule has 4 heteroatoms. The van der Waals surface area contributed by atoms with Crippen molar-refractivity contribution in [1.82, 2.24) is 9.80 Å². The normalized spacial score (nSPS) is 37.9. The largest absolute Gasteiger partial charge is 0.391 e. The van der Waals surface area contributed by atoms with Gasteiger partial charge >= 0.3 is 0 Å². The highest BCUT2D eigenvalue weighted by atomic mass is 16.5. The van der Waals surface area contributed by atoms with Gasteiger partial charge in [-0.15, -0.1) is 0 Å². The standard InChI is InChI=1S/C13H26N2O2/c1-3-11-9-14(2)6-4-7-15(11)12-10-17-8-5-13(12)16/h11-13,16H,3-10H2,1-2H3. The summed E-state index contributed by atoms with van der Waals surface area (Å²) in [5.74, 6) is 0. The second-order valence-electron chi connectivity index (χ2n) is 5.41. The van der Waals surface area contributed by atoms with Crippen LogP contribution in [0.1, 0.15) is 26.2 Å². The molecule has 100 valence electrons. The van der Waals surface area contributed by atoms with Crippen LogP contribution in [0.4, 0.5) is 0 Å². The Morgan fingerprint density at radius 2 is 2.18 bits per heavy atom. The van der Waals surface area contributed by atoms with Crippen LogP contribution in [0.25, 0.3) is 0 Å². The fraction of sp³-hybridized carbons (Fsp3) is 1.00. The molecular formula is C13H26N2O2. The minimum atomic E-state index is -0.207. The Balaban J connectivity index is 2.04. The Kier molecular flexibility index (Phi) is 4.79. The molecule has 0 amide bonds. The molecule has 2 heterocycles. The molecule has 2 aliphatic heterocycles. The molecular weight excluding hydrogens is 216 g/mol. The zero-order valence-electron chi connectivity index (χ0n) is 11.1. The van der Waals surface area contributed by atoms with E-state index >= 15 is 0 Å². The van der Waals surface area contributed by atoms with Crippen molar-refractivity contribution in [2.24, 2.45) is 0 Å². The first-order valence-electron chi connectivity index (χ1n) is 6.92. The second-order valence-corrected chi connectivity index (χ2v) is 5.41. The topological polar surface area (TPSA) is 35.9 Å². The van der Waals surface area contributed by atoms with E-state index in [-0.39, 0.29) is 12.1 Å². The van der Waals surface area contributed by atoms with Crippen LogP contribution in [0, 0.1) is 0 Å². The molecule has 0 radical (unpaired) electrons. The number of rotatable bonds is 2. The number of nitrogens with zero attached hydrogens (tertiary/aromatic N) is 2. The van der Waals surface area contributed by atoms with E-state index in [1.807, 2.05) is 0 Å². The minimum absolute atomic E-state index is 0.207. The van der Waals surface area contributed by atoms with Gasteiger partial charge in [-0.3, -0.25) is 4.90 Å². The molecule has 2 aliphatic rings. The van der Waals surface area contributed by atoms with Crippen LogP contribution in [0.3, 0.4) is 0 Å². The van der Waals surface area contributed by atoms with Crippen molar-refractivity contribution in [2.75, 3.05) is 39.9 Å². The van der Waals surface area contributed by atoms with Crippen molar-refractivity contribution >= 4 is 0 Å². The van der Waals surface area contributed by atoms with Crippen molar-refractivity contribution in [3.05, 3.63) is 0 Å². The molecule has 1 N–H and O–H groups in total. The quantitative estimate of drug-likeness (QED) is 0.767. The predicted octanol–water partition coefficient (Wildman–Crippen LogP) is 0.552. The highest BCUT2D eigenvalue weighted by molar-refractivity contribution is 4.88. The van der Waals surface area contributed by atoms with Gasteiger partial charge in [0.15, 0.2) is 0 Å². The van der Waals surface area contributed by atoms with Crippen molar-refractivity contribution in [3.63, 3.8) is 0 Å². The maximum absolute atomic E-state index is 10.2. The third-order valence-electron chi connectivity index (χ3n) is 4.14. The summed E-state index contributed by atoms with van der Waals surface area (Å²) in [7, 11) is 2.19. The van der Waals surface area contributed by atoms with E-state index in [0.29, 0.717) is 19.3 Å². The lowest BCUT2D eigenvalue weighted by Gasteiger charge is -2.41. The number of likely N-dealkylation sites (N-methyl/N-ethyl adjacent to an activating group) is 1. The molecule has 2 saturated heterocycles. The fourth-order valence-corrected chi connectivity index (χ4v) is 3.09. The molecule has 0 aliphatic carbocycles. The smallest absolute Gasteiger partial charge is 0.0739 e. The van der Waals surface area contributed by atoms with Crippen molar-refractivity contribution in [3.8, 4) is 0 Å². The lowest BCUT2D eigenvalue weighted by Crippen LogP contribution is -2.54. The molecule has 2 fully saturated rings. The molecule has 0 aromatic heterocycles. The van der Waals surface area contributed by atoms with Gasteiger partial charge in [0.05, 0.1) is 18.8 Å². The van der Waals surface area contributed by atoms with Gasteiger partial charge in [0, 0.05) is 25.7 Å². The average molecular weight is 242 g/mol. The van der Waals surface area contributed by atoms with Crippen molar-refractivity contribution < 1.29 is 9.84 Å². The first-order valence-corrected chi connectivity index (χ1v) is 6.92. The molecule has 2 rings (SSSR count). The lowest BCUT2D eigenvalue weighted by atomic mass is 10.0. The molecule has 0 spiro atoms. The van der Waals surface area contributed by atoms with Crippen LogP contribution in [0.15, 0.2) is 0 Å². The second kappa shape index (κ2) is 6.14. The van der Waals surface area contributed by atoms with Crippen LogP contribution in [0.2, 0.25) is 0 Å². The van der Waals surface area contributed by atoms with Gasteiger partial charge in [0.1, 0.15) is 0 Å². The van der Waals surface area contributed by atoms with Gasteiger partial charge in [-0.25, -0.2) is 0 Å². The molecule has 3 unspecified atom stereocenters. The summed E-state index contributed by atoms with van der Waals surface area (Å²) in [5.41, 5.74) is 0. The molecule has 0 aromatic rings. The molecule has 0 bridgehead atoms. The summed E-state index contributed by atoms with van der Waals surface area (Å²) in [4.78, 5) is 4.90. The predicted molar refractivity (Wildman–Crippen MR) is 68.1 cm³/mol. The highest BCUT2D eigenvalue weighted by Gasteiger charge is 2.34. The Morgan fingerprint density at radius 3 is 2.88 bits per heavy atom. The molecule has 0 aromatic carbocycles. The Bertz CT molecular complexity index is 237. The number of aliphatic hydroxyl groups excluding tert-OH is 1. The summed E-state index contributed by atoms with van der Waals surface area (Å²) in [5, 5.41) is 10.2. The number of ether oxygens (including phenoxy) is 1. The van der Waals surface area contributed by atoms with E-state index in [4.69, 9.17) is 4.74 Å². The first-order chi connectivity index (χ1) is 8.22. The van der Waals surface area contributed by atoms with E-state index in [1.54, 1.807) is 0 Å². The zero-order valence-corrected chi connectivity index (χ0v) is 11.1. The van der Waals surface area contributed by atoms with Gasteiger partial charge in [0.2, 0.25) is 0 Å². The average Bonchev–Trinajstić information content (AvgIpc) is 2.51. The molecule has 0 saturated carbocycles. The summed E-state index contributed by atoms with van der Waals surface area (Å²) >= 11 is 0. The highest BCUT2D eigenvalue weighted by Crippen LogP contribution is 2.21. The van der Waals surface area contributed by atoms with E-state index in [1.165, 1.54) is 6.42 Å². The molecule has 17 heavy (non-hydrogen) atoms. The van der Waals surface area contributed by atoms with Crippen LogP contribution in [-0.2, 0) is 4.74 Å². The van der Waals surface area contributed by atoms with Crippen molar-refractivity contribution in [2.45, 2.75) is 44.4 Å². The number of hydrogen-bond donors (Lipinski definition) is 1. The molecule has 3 atom stereocenters. The maximum Gasteiger partial charge on any atom is 0.0739 e.